The molecule has 0 bridgehead atoms. The molecule has 0 aromatic heterocycles. The average molecular weight is 379 g/mol. The first-order chi connectivity index (χ1) is 13.0. The van der Waals surface area contributed by atoms with Crippen LogP contribution in [0.25, 0.3) is 10.8 Å². The van der Waals surface area contributed by atoms with E-state index in [1.54, 1.807) is 11.8 Å². The minimum atomic E-state index is -0.0174. The van der Waals surface area contributed by atoms with Gasteiger partial charge in [-0.15, -0.1) is 11.8 Å². The fraction of sp³-hybridized carbons (Fsp3) is 0.348. The fourth-order valence-electron chi connectivity index (χ4n) is 2.26. The Morgan fingerprint density at radius 2 is 1.81 bits per heavy atom. The van der Waals surface area contributed by atoms with Gasteiger partial charge >= 0.3 is 0 Å². The number of carbonyl (C=O) groups excluding carboxylic acids is 1. The predicted octanol–water partition coefficient (Wildman–Crippen LogP) is 3.69. The summed E-state index contributed by atoms with van der Waals surface area (Å²) in [6.07, 6.45) is 0. The van der Waals surface area contributed by atoms with Crippen molar-refractivity contribution in [1.29, 1.82) is 0 Å². The van der Waals surface area contributed by atoms with Gasteiger partial charge in [-0.25, -0.2) is 0 Å². The van der Waals surface area contributed by atoms with Crippen molar-refractivity contribution in [3.63, 3.8) is 0 Å². The largest absolute Gasteiger partial charge is 0.354 e. The molecule has 0 radical (unpaired) electrons. The van der Waals surface area contributed by atoms with Gasteiger partial charge in [-0.2, -0.15) is 0 Å². The van der Waals surface area contributed by atoms with Crippen LogP contribution in [0, 0.1) is 29.1 Å². The average Bonchev–Trinajstić information content (AvgIpc) is 2.64. The molecule has 0 atom stereocenters. The number of benzene rings is 2. The summed E-state index contributed by atoms with van der Waals surface area (Å²) >= 11 is 1.57. The van der Waals surface area contributed by atoms with Crippen molar-refractivity contribution in [1.82, 2.24) is 10.6 Å². The lowest BCUT2D eigenvalue weighted by atomic mass is 9.98. The van der Waals surface area contributed by atoms with Crippen LogP contribution in [0.2, 0.25) is 0 Å². The van der Waals surface area contributed by atoms with Crippen LogP contribution in [-0.4, -0.2) is 31.3 Å². The van der Waals surface area contributed by atoms with Gasteiger partial charge in [-0.3, -0.25) is 4.79 Å². The van der Waals surface area contributed by atoms with Crippen molar-refractivity contribution in [2.24, 2.45) is 5.41 Å². The molecule has 2 rings (SSSR count). The first-order valence-corrected chi connectivity index (χ1v) is 10.0. The molecule has 1 amide bonds. The Kier molecular flexibility index (Phi) is 8.27. The molecule has 2 N–H and O–H groups in total. The second-order valence-electron chi connectivity index (χ2n) is 7.09. The summed E-state index contributed by atoms with van der Waals surface area (Å²) in [5, 5.41) is 8.48. The zero-order valence-corrected chi connectivity index (χ0v) is 17.0. The summed E-state index contributed by atoms with van der Waals surface area (Å²) < 4.78 is 0. The molecule has 2 aromatic rings. The van der Waals surface area contributed by atoms with E-state index in [1.165, 1.54) is 10.8 Å². The van der Waals surface area contributed by atoms with Crippen LogP contribution in [0.4, 0.5) is 0 Å². The van der Waals surface area contributed by atoms with Crippen molar-refractivity contribution in [3.05, 3.63) is 42.5 Å². The number of hydrogen-bond acceptors (Lipinski definition) is 3. The number of hydrogen-bond donors (Lipinski definition) is 2. The molecule has 0 aliphatic rings. The number of carbonyl (C=O) groups is 1. The van der Waals surface area contributed by atoms with E-state index in [9.17, 15) is 4.79 Å². The lowest BCUT2D eigenvalue weighted by molar-refractivity contribution is -0.118. The van der Waals surface area contributed by atoms with E-state index < -0.39 is 0 Å². The predicted molar refractivity (Wildman–Crippen MR) is 116 cm³/mol. The Hall–Kier alpha value is -2.40. The fourth-order valence-corrected chi connectivity index (χ4v) is 3.17. The van der Waals surface area contributed by atoms with Gasteiger partial charge in [0.05, 0.1) is 12.3 Å². The lowest BCUT2D eigenvalue weighted by Gasteiger charge is -2.07. The minimum absolute atomic E-state index is 0.0174. The zero-order chi connectivity index (χ0) is 19.5. The number of amides is 1. The highest BCUT2D eigenvalue weighted by Crippen LogP contribution is 2.27. The molecule has 0 heterocycles. The van der Waals surface area contributed by atoms with Crippen LogP contribution in [0.1, 0.15) is 20.8 Å². The van der Waals surface area contributed by atoms with Gasteiger partial charge in [0, 0.05) is 23.4 Å². The third-order valence-electron chi connectivity index (χ3n) is 3.53. The molecule has 2 aromatic carbocycles. The summed E-state index contributed by atoms with van der Waals surface area (Å²) in [5.41, 5.74) is -0.0174. The molecule has 0 aliphatic heterocycles. The van der Waals surface area contributed by atoms with Gasteiger partial charge in [0.2, 0.25) is 5.91 Å². The molecule has 0 fully saturated rings. The van der Waals surface area contributed by atoms with Crippen LogP contribution in [0.3, 0.4) is 0 Å². The molecule has 140 valence electrons. The summed E-state index contributed by atoms with van der Waals surface area (Å²) in [7, 11) is 0. The zero-order valence-electron chi connectivity index (χ0n) is 16.2. The van der Waals surface area contributed by atoms with E-state index in [4.69, 9.17) is 0 Å². The maximum absolute atomic E-state index is 12.0. The van der Waals surface area contributed by atoms with Gasteiger partial charge < -0.3 is 10.6 Å². The van der Waals surface area contributed by atoms with Crippen LogP contribution in [-0.2, 0) is 4.79 Å². The lowest BCUT2D eigenvalue weighted by Crippen LogP contribution is -2.32. The maximum Gasteiger partial charge on any atom is 0.230 e. The Bertz CT molecular complexity index is 886. The Morgan fingerprint density at radius 3 is 2.63 bits per heavy atom. The highest BCUT2D eigenvalue weighted by atomic mass is 32.2. The third-order valence-corrected chi connectivity index (χ3v) is 4.61. The standard InChI is InChI=1S/C23H26N2OS/c1-23(2,3)14-7-4-8-15-24-16-17-25-22(26)18-27-21-13-9-11-19-10-5-6-12-20(19)21/h5-6,9-13,24H,15-18H2,1-3H3,(H,25,26). The molecular weight excluding hydrogens is 352 g/mol. The van der Waals surface area contributed by atoms with Crippen molar-refractivity contribution in [2.45, 2.75) is 25.7 Å². The van der Waals surface area contributed by atoms with Crippen molar-refractivity contribution >= 4 is 28.4 Å². The molecule has 0 spiro atoms. The second kappa shape index (κ2) is 10.7. The molecular formula is C23H26N2OS. The Balaban J connectivity index is 1.64. The van der Waals surface area contributed by atoms with E-state index >= 15 is 0 Å². The number of fused-ring (bicyclic) bond motifs is 1. The highest BCUT2D eigenvalue weighted by Gasteiger charge is 2.05. The third kappa shape index (κ3) is 8.22. The second-order valence-corrected chi connectivity index (χ2v) is 8.11. The van der Waals surface area contributed by atoms with Crippen molar-refractivity contribution < 1.29 is 4.79 Å². The van der Waals surface area contributed by atoms with Gasteiger partial charge in [-0.1, -0.05) is 48.2 Å². The summed E-state index contributed by atoms with van der Waals surface area (Å²) in [6.45, 7) is 8.01. The normalized spacial score (nSPS) is 10.5. The smallest absolute Gasteiger partial charge is 0.230 e. The van der Waals surface area contributed by atoms with E-state index in [2.05, 4.69) is 79.4 Å². The van der Waals surface area contributed by atoms with Gasteiger partial charge in [0.25, 0.3) is 0 Å². The Labute approximate surface area is 166 Å². The van der Waals surface area contributed by atoms with Crippen LogP contribution in [0.5, 0.6) is 0 Å². The van der Waals surface area contributed by atoms with Crippen LogP contribution >= 0.6 is 11.8 Å². The monoisotopic (exact) mass is 378 g/mol. The maximum atomic E-state index is 12.0. The Morgan fingerprint density at radius 1 is 1.04 bits per heavy atom. The first-order valence-electron chi connectivity index (χ1n) is 9.04. The van der Waals surface area contributed by atoms with Gasteiger partial charge in [0.1, 0.15) is 0 Å². The molecule has 4 heteroatoms. The molecule has 0 aliphatic carbocycles. The van der Waals surface area contributed by atoms with Crippen molar-refractivity contribution in [2.75, 3.05) is 25.4 Å². The summed E-state index contributed by atoms with van der Waals surface area (Å²) in [4.78, 5) is 13.1. The molecule has 27 heavy (non-hydrogen) atoms. The van der Waals surface area contributed by atoms with E-state index in [0.717, 1.165) is 4.90 Å². The minimum Gasteiger partial charge on any atom is -0.354 e. The summed E-state index contributed by atoms with van der Waals surface area (Å²) in [5.74, 6) is 12.2. The topological polar surface area (TPSA) is 41.1 Å². The number of rotatable bonds is 7. The van der Waals surface area contributed by atoms with E-state index in [1.807, 2.05) is 18.2 Å². The van der Waals surface area contributed by atoms with E-state index in [-0.39, 0.29) is 11.3 Å². The van der Waals surface area contributed by atoms with Crippen LogP contribution < -0.4 is 10.6 Å². The summed E-state index contributed by atoms with van der Waals surface area (Å²) in [6, 6.07) is 14.4. The van der Waals surface area contributed by atoms with Crippen LogP contribution in [0.15, 0.2) is 47.4 Å². The van der Waals surface area contributed by atoms with Crippen molar-refractivity contribution in [3.8, 4) is 23.7 Å². The first kappa shape index (κ1) is 20.9. The quantitative estimate of drug-likeness (QED) is 0.439. The molecule has 3 nitrogen and oxygen atoms in total. The number of thioether (sulfide) groups is 1. The van der Waals surface area contributed by atoms with E-state index in [0.29, 0.717) is 25.4 Å². The molecule has 0 unspecified atom stereocenters. The van der Waals surface area contributed by atoms with Gasteiger partial charge in [0.15, 0.2) is 0 Å². The molecule has 0 saturated heterocycles. The SMILES string of the molecule is CC(C)(C)C#CC#CCNCCNC(=O)CSc1cccc2ccccc12. The van der Waals surface area contributed by atoms with Gasteiger partial charge in [-0.05, 0) is 49.5 Å². The number of nitrogens with one attached hydrogen (secondary N) is 2. The molecule has 0 saturated carbocycles. The highest BCUT2D eigenvalue weighted by molar-refractivity contribution is 8.00.